The van der Waals surface area contributed by atoms with Gasteiger partial charge in [0.25, 0.3) is 0 Å². The first-order valence-corrected chi connectivity index (χ1v) is 9.00. The Morgan fingerprint density at radius 1 is 1.28 bits per heavy atom. The van der Waals surface area contributed by atoms with Gasteiger partial charge in [-0.25, -0.2) is 4.98 Å². The molecule has 5 nitrogen and oxygen atoms in total. The molecule has 4 rings (SSSR count). The lowest BCUT2D eigenvalue weighted by atomic mass is 9.93. The molecule has 1 amide bonds. The number of ether oxygens (including phenoxy) is 1. The Morgan fingerprint density at radius 2 is 2.00 bits per heavy atom. The van der Waals surface area contributed by atoms with Crippen molar-refractivity contribution in [2.45, 2.75) is 44.1 Å². The van der Waals surface area contributed by atoms with Crippen LogP contribution in [0.5, 0.6) is 5.75 Å². The number of methoxy groups -OCH3 is 1. The van der Waals surface area contributed by atoms with E-state index in [4.69, 9.17) is 4.74 Å². The predicted molar refractivity (Wildman–Crippen MR) is 95.5 cm³/mol. The third-order valence-corrected chi connectivity index (χ3v) is 5.65. The summed E-state index contributed by atoms with van der Waals surface area (Å²) in [5.41, 5.74) is 1.78. The van der Waals surface area contributed by atoms with E-state index in [0.717, 1.165) is 55.1 Å². The van der Waals surface area contributed by atoms with Crippen LogP contribution in [0.25, 0.3) is 0 Å². The largest absolute Gasteiger partial charge is 0.497 e. The minimum Gasteiger partial charge on any atom is -0.497 e. The molecule has 1 atom stereocenters. The van der Waals surface area contributed by atoms with Gasteiger partial charge in [-0.15, -0.1) is 0 Å². The highest BCUT2D eigenvalue weighted by Crippen LogP contribution is 2.51. The van der Waals surface area contributed by atoms with Crippen molar-refractivity contribution in [3.05, 3.63) is 47.5 Å². The van der Waals surface area contributed by atoms with Crippen molar-refractivity contribution in [3.63, 3.8) is 0 Å². The number of likely N-dealkylation sites (tertiary alicyclic amines) is 1. The zero-order chi connectivity index (χ0) is 17.6. The highest BCUT2D eigenvalue weighted by Gasteiger charge is 2.54. The number of hydrogen-bond acceptors (Lipinski definition) is 3. The summed E-state index contributed by atoms with van der Waals surface area (Å²) in [6, 6.07) is 8.08. The molecule has 0 radical (unpaired) electrons. The standard InChI is InChI=1S/C20H25N3O2/c1-14-13-22(2)18(21-14)17-5-4-12-23(17)19(24)20(10-11-20)15-6-8-16(25-3)9-7-15/h6-9,13,17H,4-5,10-12H2,1-3H3. The third-order valence-electron chi connectivity index (χ3n) is 5.65. The monoisotopic (exact) mass is 339 g/mol. The number of carbonyl (C=O) groups is 1. The average molecular weight is 339 g/mol. The van der Waals surface area contributed by atoms with Crippen LogP contribution in [-0.4, -0.2) is 34.0 Å². The smallest absolute Gasteiger partial charge is 0.233 e. The zero-order valence-electron chi connectivity index (χ0n) is 15.2. The van der Waals surface area contributed by atoms with E-state index < -0.39 is 0 Å². The normalized spacial score (nSPS) is 21.4. The van der Waals surface area contributed by atoms with Crippen LogP contribution < -0.4 is 4.74 Å². The summed E-state index contributed by atoms with van der Waals surface area (Å²) < 4.78 is 7.31. The lowest BCUT2D eigenvalue weighted by Crippen LogP contribution is -2.39. The molecule has 25 heavy (non-hydrogen) atoms. The van der Waals surface area contributed by atoms with Crippen molar-refractivity contribution in [2.24, 2.45) is 7.05 Å². The first-order chi connectivity index (χ1) is 12.0. The molecule has 5 heteroatoms. The van der Waals surface area contributed by atoms with Crippen LogP contribution >= 0.6 is 0 Å². The Labute approximate surface area is 148 Å². The number of amides is 1. The van der Waals surface area contributed by atoms with Gasteiger partial charge in [0.15, 0.2) is 0 Å². The molecule has 1 saturated heterocycles. The van der Waals surface area contributed by atoms with Crippen molar-refractivity contribution in [2.75, 3.05) is 13.7 Å². The Balaban J connectivity index is 1.62. The van der Waals surface area contributed by atoms with Crippen LogP contribution in [0, 0.1) is 6.92 Å². The average Bonchev–Trinajstić information content (AvgIpc) is 3.16. The van der Waals surface area contributed by atoms with Gasteiger partial charge in [0, 0.05) is 19.8 Å². The molecule has 0 N–H and O–H groups in total. The summed E-state index contributed by atoms with van der Waals surface area (Å²) in [7, 11) is 3.68. The molecule has 0 bridgehead atoms. The van der Waals surface area contributed by atoms with E-state index in [0.29, 0.717) is 0 Å². The Kier molecular flexibility index (Phi) is 3.82. The summed E-state index contributed by atoms with van der Waals surface area (Å²) in [6.07, 6.45) is 5.93. The van der Waals surface area contributed by atoms with Gasteiger partial charge in [-0.3, -0.25) is 4.79 Å². The molecule has 0 spiro atoms. The highest BCUT2D eigenvalue weighted by molar-refractivity contribution is 5.91. The molecule has 1 aromatic heterocycles. The molecule has 1 aliphatic heterocycles. The number of aryl methyl sites for hydroxylation is 2. The van der Waals surface area contributed by atoms with Gasteiger partial charge in [0.05, 0.1) is 24.3 Å². The van der Waals surface area contributed by atoms with Crippen molar-refractivity contribution < 1.29 is 9.53 Å². The summed E-state index contributed by atoms with van der Waals surface area (Å²) in [4.78, 5) is 20.2. The van der Waals surface area contributed by atoms with Crippen LogP contribution in [0.2, 0.25) is 0 Å². The Hall–Kier alpha value is -2.30. The summed E-state index contributed by atoms with van der Waals surface area (Å²) >= 11 is 0. The van der Waals surface area contributed by atoms with Gasteiger partial charge < -0.3 is 14.2 Å². The van der Waals surface area contributed by atoms with Gasteiger partial charge >= 0.3 is 0 Å². The fourth-order valence-corrected chi connectivity index (χ4v) is 4.16. The lowest BCUT2D eigenvalue weighted by Gasteiger charge is -2.29. The Bertz CT molecular complexity index is 790. The number of carbonyl (C=O) groups excluding carboxylic acids is 1. The first kappa shape index (κ1) is 16.2. The van der Waals surface area contributed by atoms with Gasteiger partial charge in [-0.05, 0) is 50.3 Å². The van der Waals surface area contributed by atoms with E-state index in [2.05, 4.69) is 14.5 Å². The van der Waals surface area contributed by atoms with Gasteiger partial charge in [0.2, 0.25) is 5.91 Å². The van der Waals surface area contributed by atoms with Gasteiger partial charge in [0.1, 0.15) is 11.6 Å². The van der Waals surface area contributed by atoms with Crippen LogP contribution in [0.15, 0.2) is 30.5 Å². The number of rotatable bonds is 4. The number of nitrogens with zero attached hydrogens (tertiary/aromatic N) is 3. The van der Waals surface area contributed by atoms with E-state index in [1.807, 2.05) is 44.4 Å². The summed E-state index contributed by atoms with van der Waals surface area (Å²) in [5.74, 6) is 2.10. The molecule has 2 aliphatic rings. The molecule has 132 valence electrons. The van der Waals surface area contributed by atoms with Gasteiger partial charge in [-0.2, -0.15) is 0 Å². The van der Waals surface area contributed by atoms with Crippen LogP contribution in [0.3, 0.4) is 0 Å². The molecule has 2 aromatic rings. The van der Waals surface area contributed by atoms with Crippen molar-refractivity contribution in [1.29, 1.82) is 0 Å². The van der Waals surface area contributed by atoms with Gasteiger partial charge in [-0.1, -0.05) is 12.1 Å². The van der Waals surface area contributed by atoms with Crippen molar-refractivity contribution in [1.82, 2.24) is 14.5 Å². The van der Waals surface area contributed by atoms with Crippen molar-refractivity contribution in [3.8, 4) is 5.75 Å². The maximum Gasteiger partial charge on any atom is 0.233 e. The number of benzene rings is 1. The van der Waals surface area contributed by atoms with Crippen LogP contribution in [0.4, 0.5) is 0 Å². The zero-order valence-corrected chi connectivity index (χ0v) is 15.2. The molecule has 2 fully saturated rings. The topological polar surface area (TPSA) is 47.4 Å². The molecule has 1 aromatic carbocycles. The minimum absolute atomic E-state index is 0.0990. The fraction of sp³-hybridized carbons (Fsp3) is 0.500. The lowest BCUT2D eigenvalue weighted by molar-refractivity contribution is -0.135. The maximum absolute atomic E-state index is 13.4. The highest BCUT2D eigenvalue weighted by atomic mass is 16.5. The van der Waals surface area contributed by atoms with E-state index in [-0.39, 0.29) is 17.4 Å². The second kappa shape index (κ2) is 5.90. The van der Waals surface area contributed by atoms with Crippen LogP contribution in [0.1, 0.15) is 48.8 Å². The molecule has 1 unspecified atom stereocenters. The van der Waals surface area contributed by atoms with Crippen LogP contribution in [-0.2, 0) is 17.3 Å². The maximum atomic E-state index is 13.4. The molecular weight excluding hydrogens is 314 g/mol. The Morgan fingerprint density at radius 3 is 2.56 bits per heavy atom. The number of imidazole rings is 1. The first-order valence-electron chi connectivity index (χ1n) is 9.00. The predicted octanol–water partition coefficient (Wildman–Crippen LogP) is 3.13. The van der Waals surface area contributed by atoms with E-state index in [9.17, 15) is 4.79 Å². The SMILES string of the molecule is COc1ccc(C2(C(=O)N3CCCC3c3nc(C)cn3C)CC2)cc1. The summed E-state index contributed by atoms with van der Waals surface area (Å²) in [5, 5.41) is 0. The van der Waals surface area contributed by atoms with E-state index in [1.165, 1.54) is 0 Å². The third kappa shape index (κ3) is 2.62. The van der Waals surface area contributed by atoms with Crippen molar-refractivity contribution >= 4 is 5.91 Å². The molecule has 1 aliphatic carbocycles. The van der Waals surface area contributed by atoms with E-state index in [1.54, 1.807) is 7.11 Å². The quantitative estimate of drug-likeness (QED) is 0.860. The second-order valence-corrected chi connectivity index (χ2v) is 7.32. The number of aromatic nitrogens is 2. The van der Waals surface area contributed by atoms with E-state index >= 15 is 0 Å². The fourth-order valence-electron chi connectivity index (χ4n) is 4.16. The minimum atomic E-state index is -0.338. The molecule has 2 heterocycles. The summed E-state index contributed by atoms with van der Waals surface area (Å²) in [6.45, 7) is 2.83. The molecule has 1 saturated carbocycles. The molecular formula is C20H25N3O2. The number of hydrogen-bond donors (Lipinski definition) is 0. The second-order valence-electron chi connectivity index (χ2n) is 7.32.